The number of carbonyl (C=O) groups excluding carboxylic acids is 1. The summed E-state index contributed by atoms with van der Waals surface area (Å²) in [5, 5.41) is 5.06. The van der Waals surface area contributed by atoms with Gasteiger partial charge in [0.2, 0.25) is 15.9 Å². The van der Waals surface area contributed by atoms with Gasteiger partial charge in [-0.15, -0.1) is 0 Å². The summed E-state index contributed by atoms with van der Waals surface area (Å²) in [6.07, 6.45) is 1.12. The van der Waals surface area contributed by atoms with Gasteiger partial charge in [-0.25, -0.2) is 8.42 Å². The van der Waals surface area contributed by atoms with Crippen LogP contribution in [0.4, 0.5) is 5.69 Å². The van der Waals surface area contributed by atoms with Gasteiger partial charge in [0.15, 0.2) is 0 Å². The van der Waals surface area contributed by atoms with Gasteiger partial charge in [-0.3, -0.25) is 9.10 Å². The predicted octanol–water partition coefficient (Wildman–Crippen LogP) is 3.93. The first kappa shape index (κ1) is 20.9. The number of benzene rings is 3. The molecule has 1 N–H and O–H groups in total. The topological polar surface area (TPSA) is 66.5 Å². The van der Waals surface area contributed by atoms with E-state index in [4.69, 9.17) is 0 Å². The highest BCUT2D eigenvalue weighted by atomic mass is 32.2. The molecule has 0 spiro atoms. The molecular weight excluding hydrogens is 384 g/mol. The number of nitrogens with one attached hydrogen (secondary N) is 1. The lowest BCUT2D eigenvalue weighted by Crippen LogP contribution is -2.47. The Labute approximate surface area is 172 Å². The Bertz CT molecular complexity index is 1150. The van der Waals surface area contributed by atoms with Gasteiger partial charge in [-0.05, 0) is 60.4 Å². The van der Waals surface area contributed by atoms with Crippen LogP contribution in [0.2, 0.25) is 0 Å². The Morgan fingerprint density at radius 3 is 2.38 bits per heavy atom. The van der Waals surface area contributed by atoms with E-state index in [1.165, 1.54) is 4.31 Å². The van der Waals surface area contributed by atoms with Crippen LogP contribution in [0.1, 0.15) is 23.6 Å². The number of sulfonamides is 1. The van der Waals surface area contributed by atoms with E-state index in [0.29, 0.717) is 12.2 Å². The molecule has 0 fully saturated rings. The molecule has 0 aliphatic carbocycles. The molecule has 0 saturated carbocycles. The van der Waals surface area contributed by atoms with Crippen molar-refractivity contribution in [2.75, 3.05) is 10.6 Å². The van der Waals surface area contributed by atoms with Crippen LogP contribution >= 0.6 is 0 Å². The quantitative estimate of drug-likeness (QED) is 0.670. The molecule has 1 unspecified atom stereocenters. The van der Waals surface area contributed by atoms with Crippen LogP contribution in [0.25, 0.3) is 10.8 Å². The van der Waals surface area contributed by atoms with Crippen molar-refractivity contribution in [1.29, 1.82) is 0 Å². The molecule has 1 atom stereocenters. The normalized spacial score (nSPS) is 12.6. The Hall–Kier alpha value is -2.86. The third kappa shape index (κ3) is 4.59. The monoisotopic (exact) mass is 410 g/mol. The number of amides is 1. The van der Waals surface area contributed by atoms with Crippen molar-refractivity contribution in [3.8, 4) is 0 Å². The van der Waals surface area contributed by atoms with E-state index in [0.717, 1.165) is 33.7 Å². The fraction of sp³-hybridized carbons (Fsp3) is 0.261. The number of aryl methyl sites for hydroxylation is 2. The zero-order valence-corrected chi connectivity index (χ0v) is 18.0. The minimum absolute atomic E-state index is 0.328. The predicted molar refractivity (Wildman–Crippen MR) is 118 cm³/mol. The Balaban J connectivity index is 1.83. The van der Waals surface area contributed by atoms with Crippen molar-refractivity contribution >= 4 is 32.4 Å². The van der Waals surface area contributed by atoms with Crippen molar-refractivity contribution in [3.05, 3.63) is 77.4 Å². The molecule has 0 aromatic heterocycles. The fourth-order valence-corrected chi connectivity index (χ4v) is 4.61. The van der Waals surface area contributed by atoms with Gasteiger partial charge >= 0.3 is 0 Å². The second-order valence-corrected chi connectivity index (χ2v) is 9.22. The molecule has 5 nitrogen and oxygen atoms in total. The number of carbonyl (C=O) groups is 1. The maximum absolute atomic E-state index is 12.8. The van der Waals surface area contributed by atoms with Crippen LogP contribution in [0.15, 0.2) is 60.7 Å². The van der Waals surface area contributed by atoms with E-state index in [-0.39, 0.29) is 5.91 Å². The van der Waals surface area contributed by atoms with Gasteiger partial charge in [0, 0.05) is 6.54 Å². The first-order valence-electron chi connectivity index (χ1n) is 9.49. The molecule has 0 aliphatic heterocycles. The molecule has 3 aromatic rings. The Morgan fingerprint density at radius 2 is 1.69 bits per heavy atom. The number of hydrogen-bond acceptors (Lipinski definition) is 3. The van der Waals surface area contributed by atoms with Crippen LogP contribution < -0.4 is 9.62 Å². The average Bonchev–Trinajstić information content (AvgIpc) is 2.67. The number of anilines is 1. The molecule has 29 heavy (non-hydrogen) atoms. The van der Waals surface area contributed by atoms with Crippen LogP contribution in [0.3, 0.4) is 0 Å². The fourth-order valence-electron chi connectivity index (χ4n) is 3.45. The highest BCUT2D eigenvalue weighted by molar-refractivity contribution is 7.92. The molecule has 0 heterocycles. The lowest BCUT2D eigenvalue weighted by Gasteiger charge is -2.28. The van der Waals surface area contributed by atoms with Gasteiger partial charge in [0.1, 0.15) is 6.04 Å². The largest absolute Gasteiger partial charge is 0.350 e. The van der Waals surface area contributed by atoms with E-state index >= 15 is 0 Å². The highest BCUT2D eigenvalue weighted by Crippen LogP contribution is 2.24. The third-order valence-electron chi connectivity index (χ3n) is 5.17. The van der Waals surface area contributed by atoms with Gasteiger partial charge < -0.3 is 5.32 Å². The highest BCUT2D eigenvalue weighted by Gasteiger charge is 2.29. The summed E-state index contributed by atoms with van der Waals surface area (Å²) in [4.78, 5) is 12.8. The first-order chi connectivity index (χ1) is 13.7. The first-order valence-corrected chi connectivity index (χ1v) is 11.3. The Kier molecular flexibility index (Phi) is 5.94. The molecule has 1 amide bonds. The number of rotatable bonds is 6. The maximum Gasteiger partial charge on any atom is 0.243 e. The van der Waals surface area contributed by atoms with Crippen LogP contribution in [0.5, 0.6) is 0 Å². The maximum atomic E-state index is 12.8. The summed E-state index contributed by atoms with van der Waals surface area (Å²) in [7, 11) is -3.64. The second kappa shape index (κ2) is 8.25. The van der Waals surface area contributed by atoms with Crippen molar-refractivity contribution < 1.29 is 13.2 Å². The molecule has 6 heteroatoms. The molecule has 0 bridgehead atoms. The Morgan fingerprint density at radius 1 is 1.00 bits per heavy atom. The number of fused-ring (bicyclic) bond motifs is 1. The van der Waals surface area contributed by atoms with Crippen LogP contribution in [-0.2, 0) is 21.4 Å². The number of nitrogens with zero attached hydrogens (tertiary/aromatic N) is 1. The van der Waals surface area contributed by atoms with E-state index in [1.54, 1.807) is 19.1 Å². The number of hydrogen-bond donors (Lipinski definition) is 1. The molecule has 3 aromatic carbocycles. The van der Waals surface area contributed by atoms with Gasteiger partial charge in [-0.1, -0.05) is 48.5 Å². The average molecular weight is 411 g/mol. The minimum Gasteiger partial charge on any atom is -0.350 e. The van der Waals surface area contributed by atoms with Crippen molar-refractivity contribution in [2.45, 2.75) is 33.4 Å². The van der Waals surface area contributed by atoms with Gasteiger partial charge in [-0.2, -0.15) is 0 Å². The van der Waals surface area contributed by atoms with Crippen LogP contribution in [-0.4, -0.2) is 26.6 Å². The minimum atomic E-state index is -3.64. The summed E-state index contributed by atoms with van der Waals surface area (Å²) >= 11 is 0. The smallest absolute Gasteiger partial charge is 0.243 e. The molecule has 0 saturated heterocycles. The summed E-state index contributed by atoms with van der Waals surface area (Å²) in [6, 6.07) is 18.4. The van der Waals surface area contributed by atoms with E-state index in [9.17, 15) is 13.2 Å². The summed E-state index contributed by atoms with van der Waals surface area (Å²) in [5.41, 5.74) is 3.51. The van der Waals surface area contributed by atoms with Crippen molar-refractivity contribution in [2.24, 2.45) is 0 Å². The third-order valence-corrected chi connectivity index (χ3v) is 6.41. The van der Waals surface area contributed by atoms with E-state index in [1.807, 2.05) is 62.4 Å². The molecule has 152 valence electrons. The molecular formula is C23H26N2O3S. The van der Waals surface area contributed by atoms with Crippen molar-refractivity contribution in [1.82, 2.24) is 5.32 Å². The molecule has 3 rings (SSSR count). The van der Waals surface area contributed by atoms with Crippen molar-refractivity contribution in [3.63, 3.8) is 0 Å². The zero-order valence-electron chi connectivity index (χ0n) is 17.1. The lowest BCUT2D eigenvalue weighted by atomic mass is 10.0. The zero-order chi connectivity index (χ0) is 21.2. The van der Waals surface area contributed by atoms with Gasteiger partial charge in [0.25, 0.3) is 0 Å². The molecule has 0 radical (unpaired) electrons. The summed E-state index contributed by atoms with van der Waals surface area (Å²) in [6.45, 7) is 5.82. The second-order valence-electron chi connectivity index (χ2n) is 7.36. The summed E-state index contributed by atoms with van der Waals surface area (Å²) < 4.78 is 26.1. The standard InChI is InChI=1S/C23H26N2O3S/c1-16-12-13-21(14-17(16)2)25(29(4,27)28)18(3)23(26)24-15-20-10-7-9-19-8-5-6-11-22(19)20/h5-14,18H,15H2,1-4H3,(H,24,26). The lowest BCUT2D eigenvalue weighted by molar-refractivity contribution is -0.122. The summed E-state index contributed by atoms with van der Waals surface area (Å²) in [5.74, 6) is -0.346. The van der Waals surface area contributed by atoms with Gasteiger partial charge in [0.05, 0.1) is 11.9 Å². The van der Waals surface area contributed by atoms with Crippen LogP contribution in [0, 0.1) is 13.8 Å². The SMILES string of the molecule is Cc1ccc(N(C(C)C(=O)NCc2cccc3ccccc23)S(C)(=O)=O)cc1C. The molecule has 0 aliphatic rings. The van der Waals surface area contributed by atoms with E-state index in [2.05, 4.69) is 5.32 Å². The van der Waals surface area contributed by atoms with E-state index < -0.39 is 16.1 Å².